The zero-order chi connectivity index (χ0) is 16.7. The standard InChI is InChI=1S/C15H22N6O2S/c1-11-12-13(18(2)17-11)16-14(24-12)19-3-5-20(6-4-19)15(22)21-7-9-23-10-8-21/h3-10H2,1-2H3. The van der Waals surface area contributed by atoms with Gasteiger partial charge in [-0.2, -0.15) is 5.10 Å². The smallest absolute Gasteiger partial charge is 0.320 e. The number of carbonyl (C=O) groups excluding carboxylic acids is 1. The first-order chi connectivity index (χ1) is 11.6. The van der Waals surface area contributed by atoms with Crippen molar-refractivity contribution < 1.29 is 9.53 Å². The van der Waals surface area contributed by atoms with Gasteiger partial charge in [0, 0.05) is 46.3 Å². The summed E-state index contributed by atoms with van der Waals surface area (Å²) >= 11 is 1.69. The number of piperazine rings is 1. The highest BCUT2D eigenvalue weighted by molar-refractivity contribution is 7.22. The zero-order valence-electron chi connectivity index (χ0n) is 14.1. The summed E-state index contributed by atoms with van der Waals surface area (Å²) in [6.07, 6.45) is 0. The van der Waals surface area contributed by atoms with Crippen molar-refractivity contribution >= 4 is 32.8 Å². The van der Waals surface area contributed by atoms with Gasteiger partial charge in [0.2, 0.25) is 0 Å². The molecule has 0 radical (unpaired) electrons. The number of anilines is 1. The lowest BCUT2D eigenvalue weighted by molar-refractivity contribution is 0.0428. The molecule has 0 saturated carbocycles. The minimum atomic E-state index is 0.141. The Morgan fingerprint density at radius 3 is 2.42 bits per heavy atom. The van der Waals surface area contributed by atoms with E-state index in [-0.39, 0.29) is 6.03 Å². The van der Waals surface area contributed by atoms with Crippen molar-refractivity contribution in [2.24, 2.45) is 7.05 Å². The van der Waals surface area contributed by atoms with Crippen LogP contribution in [0.15, 0.2) is 0 Å². The number of urea groups is 1. The van der Waals surface area contributed by atoms with Crippen LogP contribution in [-0.4, -0.2) is 83.1 Å². The van der Waals surface area contributed by atoms with Crippen LogP contribution in [0.5, 0.6) is 0 Å². The van der Waals surface area contributed by atoms with Gasteiger partial charge in [0.25, 0.3) is 0 Å². The minimum Gasteiger partial charge on any atom is -0.378 e. The van der Waals surface area contributed by atoms with E-state index in [9.17, 15) is 4.79 Å². The molecular weight excluding hydrogens is 328 g/mol. The molecule has 2 aliphatic rings. The van der Waals surface area contributed by atoms with E-state index in [2.05, 4.69) is 10.00 Å². The third kappa shape index (κ3) is 2.71. The van der Waals surface area contributed by atoms with Crippen molar-refractivity contribution in [3.8, 4) is 0 Å². The highest BCUT2D eigenvalue weighted by Gasteiger charge is 2.27. The topological polar surface area (TPSA) is 66.7 Å². The number of amides is 2. The molecule has 0 aromatic carbocycles. The van der Waals surface area contributed by atoms with E-state index >= 15 is 0 Å². The number of aromatic nitrogens is 3. The van der Waals surface area contributed by atoms with E-state index < -0.39 is 0 Å². The monoisotopic (exact) mass is 350 g/mol. The van der Waals surface area contributed by atoms with E-state index in [1.54, 1.807) is 11.3 Å². The molecule has 2 aromatic rings. The summed E-state index contributed by atoms with van der Waals surface area (Å²) in [4.78, 5) is 23.4. The molecule has 2 amide bonds. The lowest BCUT2D eigenvalue weighted by Crippen LogP contribution is -2.54. The van der Waals surface area contributed by atoms with Crippen LogP contribution in [0.4, 0.5) is 9.93 Å². The van der Waals surface area contributed by atoms with E-state index in [1.807, 2.05) is 28.5 Å². The molecule has 0 bridgehead atoms. The van der Waals surface area contributed by atoms with Crippen LogP contribution in [0.25, 0.3) is 10.3 Å². The van der Waals surface area contributed by atoms with Gasteiger partial charge in [-0.15, -0.1) is 0 Å². The molecule has 9 heteroatoms. The predicted octanol–water partition coefficient (Wildman–Crippen LogP) is 0.912. The molecule has 8 nitrogen and oxygen atoms in total. The first-order valence-electron chi connectivity index (χ1n) is 8.30. The highest BCUT2D eigenvalue weighted by Crippen LogP contribution is 2.31. The number of carbonyl (C=O) groups is 1. The van der Waals surface area contributed by atoms with Crippen LogP contribution < -0.4 is 4.90 Å². The average molecular weight is 350 g/mol. The number of hydrogen-bond donors (Lipinski definition) is 0. The van der Waals surface area contributed by atoms with Crippen LogP contribution in [0.1, 0.15) is 5.69 Å². The number of nitrogens with zero attached hydrogens (tertiary/aromatic N) is 6. The Bertz CT molecular complexity index is 708. The van der Waals surface area contributed by atoms with Gasteiger partial charge in [0.1, 0.15) is 0 Å². The first kappa shape index (κ1) is 15.6. The Morgan fingerprint density at radius 1 is 1.08 bits per heavy atom. The fourth-order valence-corrected chi connectivity index (χ4v) is 4.34. The van der Waals surface area contributed by atoms with Crippen molar-refractivity contribution in [3.05, 3.63) is 5.69 Å². The van der Waals surface area contributed by atoms with Gasteiger partial charge in [-0.3, -0.25) is 0 Å². The largest absolute Gasteiger partial charge is 0.378 e. The molecule has 2 saturated heterocycles. The zero-order valence-corrected chi connectivity index (χ0v) is 14.9. The van der Waals surface area contributed by atoms with Gasteiger partial charge in [-0.05, 0) is 6.92 Å². The molecule has 0 N–H and O–H groups in total. The summed E-state index contributed by atoms with van der Waals surface area (Å²) in [5.41, 5.74) is 1.97. The van der Waals surface area contributed by atoms with E-state index in [0.717, 1.165) is 47.4 Å². The van der Waals surface area contributed by atoms with E-state index in [0.29, 0.717) is 26.3 Å². The van der Waals surface area contributed by atoms with Gasteiger partial charge >= 0.3 is 6.03 Å². The van der Waals surface area contributed by atoms with E-state index in [4.69, 9.17) is 9.72 Å². The SMILES string of the molecule is Cc1nn(C)c2nc(N3CCN(C(=O)N4CCOCC4)CC3)sc12. The number of thiazole rings is 1. The second kappa shape index (κ2) is 6.21. The average Bonchev–Trinajstić information content (AvgIpc) is 3.17. The van der Waals surface area contributed by atoms with Crippen molar-refractivity contribution in [2.75, 3.05) is 57.4 Å². The molecule has 0 aliphatic carbocycles. The Labute approximate surface area is 144 Å². The van der Waals surface area contributed by atoms with Gasteiger partial charge in [-0.25, -0.2) is 14.5 Å². The summed E-state index contributed by atoms with van der Waals surface area (Å²) in [6.45, 7) is 7.82. The van der Waals surface area contributed by atoms with Crippen LogP contribution in [0.2, 0.25) is 0 Å². The van der Waals surface area contributed by atoms with Gasteiger partial charge in [-0.1, -0.05) is 11.3 Å². The van der Waals surface area contributed by atoms with Crippen molar-refractivity contribution in [1.82, 2.24) is 24.6 Å². The van der Waals surface area contributed by atoms with Gasteiger partial charge < -0.3 is 19.4 Å². The maximum Gasteiger partial charge on any atom is 0.320 e. The predicted molar refractivity (Wildman–Crippen MR) is 92.7 cm³/mol. The van der Waals surface area contributed by atoms with E-state index in [1.165, 1.54) is 0 Å². The molecule has 2 aromatic heterocycles. The first-order valence-corrected chi connectivity index (χ1v) is 9.12. The molecule has 130 valence electrons. The summed E-state index contributed by atoms with van der Waals surface area (Å²) in [7, 11) is 1.93. The molecule has 2 aliphatic heterocycles. The molecule has 24 heavy (non-hydrogen) atoms. The summed E-state index contributed by atoms with van der Waals surface area (Å²) in [6, 6.07) is 0.141. The summed E-state index contributed by atoms with van der Waals surface area (Å²) < 4.78 is 8.31. The molecular formula is C15H22N6O2S. The number of ether oxygens (including phenoxy) is 1. The molecule has 2 fully saturated rings. The number of fused-ring (bicyclic) bond motifs is 1. The van der Waals surface area contributed by atoms with Crippen molar-refractivity contribution in [1.29, 1.82) is 0 Å². The second-order valence-corrected chi connectivity index (χ2v) is 7.19. The molecule has 0 atom stereocenters. The van der Waals surface area contributed by atoms with Crippen molar-refractivity contribution in [3.63, 3.8) is 0 Å². The number of aryl methyl sites for hydroxylation is 2. The fourth-order valence-electron chi connectivity index (χ4n) is 3.25. The molecule has 4 rings (SSSR count). The Balaban J connectivity index is 1.41. The molecule has 4 heterocycles. The normalized spacial score (nSPS) is 19.3. The maximum absolute atomic E-state index is 12.5. The molecule has 0 unspecified atom stereocenters. The summed E-state index contributed by atoms with van der Waals surface area (Å²) in [5.74, 6) is 0. The van der Waals surface area contributed by atoms with Crippen LogP contribution >= 0.6 is 11.3 Å². The van der Waals surface area contributed by atoms with Crippen LogP contribution in [0.3, 0.4) is 0 Å². The summed E-state index contributed by atoms with van der Waals surface area (Å²) in [5, 5.41) is 5.43. The van der Waals surface area contributed by atoms with Gasteiger partial charge in [0.15, 0.2) is 10.8 Å². The third-order valence-corrected chi connectivity index (χ3v) is 5.85. The Morgan fingerprint density at radius 2 is 1.75 bits per heavy atom. The quantitative estimate of drug-likeness (QED) is 0.765. The molecule has 0 spiro atoms. The minimum absolute atomic E-state index is 0.141. The lowest BCUT2D eigenvalue weighted by atomic mass is 10.3. The van der Waals surface area contributed by atoms with Crippen molar-refractivity contribution in [2.45, 2.75) is 6.92 Å². The number of hydrogen-bond acceptors (Lipinski definition) is 6. The number of morpholine rings is 1. The second-order valence-electron chi connectivity index (χ2n) is 6.21. The highest BCUT2D eigenvalue weighted by atomic mass is 32.1. The Hall–Kier alpha value is -1.87. The van der Waals surface area contributed by atoms with Gasteiger partial charge in [0.05, 0.1) is 23.6 Å². The Kier molecular flexibility index (Phi) is 4.05. The lowest BCUT2D eigenvalue weighted by Gasteiger charge is -2.38. The number of rotatable bonds is 1. The van der Waals surface area contributed by atoms with Crippen LogP contribution in [0, 0.1) is 6.92 Å². The van der Waals surface area contributed by atoms with Crippen LogP contribution in [-0.2, 0) is 11.8 Å². The third-order valence-electron chi connectivity index (χ3n) is 4.64. The maximum atomic E-state index is 12.5. The fraction of sp³-hybridized carbons (Fsp3) is 0.667.